The van der Waals surface area contributed by atoms with E-state index < -0.39 is 0 Å². The van der Waals surface area contributed by atoms with E-state index in [-0.39, 0.29) is 0 Å². The highest BCUT2D eigenvalue weighted by Gasteiger charge is 2.22. The Morgan fingerprint density at radius 3 is 2.93 bits per heavy atom. The Morgan fingerprint density at radius 1 is 1.53 bits per heavy atom. The van der Waals surface area contributed by atoms with Gasteiger partial charge < -0.3 is 5.32 Å². The molecule has 0 spiro atoms. The number of nitrogens with one attached hydrogen (secondary N) is 1. The van der Waals surface area contributed by atoms with Crippen LogP contribution in [-0.2, 0) is 0 Å². The van der Waals surface area contributed by atoms with E-state index in [4.69, 9.17) is 0 Å². The molecule has 0 bridgehead atoms. The summed E-state index contributed by atoms with van der Waals surface area (Å²) < 4.78 is 3.25. The van der Waals surface area contributed by atoms with E-state index in [0.717, 1.165) is 11.0 Å². The molecular formula is C11H18BrN3. The fraction of sp³-hybridized carbons (Fsp3) is 0.727. The molecule has 15 heavy (non-hydrogen) atoms. The van der Waals surface area contributed by atoms with Crippen molar-refractivity contribution in [3.8, 4) is 0 Å². The number of hydrogen-bond donors (Lipinski definition) is 1. The lowest BCUT2D eigenvalue weighted by Crippen LogP contribution is -2.29. The standard InChI is InChI=1S/C11H18BrN3/c1-8(2)15-11(9(12)7-14-15)10-5-3-4-6-13-10/h7-8,10,13H,3-6H2,1-2H3. The van der Waals surface area contributed by atoms with E-state index in [9.17, 15) is 0 Å². The van der Waals surface area contributed by atoms with Gasteiger partial charge in [-0.1, -0.05) is 6.42 Å². The maximum absolute atomic E-state index is 4.42. The summed E-state index contributed by atoms with van der Waals surface area (Å²) >= 11 is 3.60. The van der Waals surface area contributed by atoms with E-state index in [1.165, 1.54) is 25.0 Å². The van der Waals surface area contributed by atoms with Crippen molar-refractivity contribution in [2.24, 2.45) is 0 Å². The second kappa shape index (κ2) is 4.66. The van der Waals surface area contributed by atoms with Gasteiger partial charge in [0, 0.05) is 6.04 Å². The first-order valence-electron chi connectivity index (χ1n) is 5.66. The number of nitrogens with zero attached hydrogens (tertiary/aromatic N) is 2. The predicted molar refractivity (Wildman–Crippen MR) is 64.9 cm³/mol. The zero-order chi connectivity index (χ0) is 10.8. The van der Waals surface area contributed by atoms with Crippen molar-refractivity contribution in [2.75, 3.05) is 6.54 Å². The van der Waals surface area contributed by atoms with Gasteiger partial charge in [-0.3, -0.25) is 4.68 Å². The Bertz CT molecular complexity index is 327. The molecule has 0 aromatic carbocycles. The van der Waals surface area contributed by atoms with Gasteiger partial charge in [-0.15, -0.1) is 0 Å². The van der Waals surface area contributed by atoms with Crippen LogP contribution >= 0.6 is 15.9 Å². The van der Waals surface area contributed by atoms with Crippen LogP contribution in [0.1, 0.15) is 50.9 Å². The molecule has 1 aliphatic heterocycles. The molecule has 0 amide bonds. The van der Waals surface area contributed by atoms with Gasteiger partial charge in [0.25, 0.3) is 0 Å². The molecule has 1 unspecified atom stereocenters. The molecule has 3 nitrogen and oxygen atoms in total. The van der Waals surface area contributed by atoms with Crippen molar-refractivity contribution in [2.45, 2.75) is 45.2 Å². The Labute approximate surface area is 99.4 Å². The zero-order valence-corrected chi connectivity index (χ0v) is 10.9. The topological polar surface area (TPSA) is 29.9 Å². The van der Waals surface area contributed by atoms with Crippen LogP contribution in [-0.4, -0.2) is 16.3 Å². The minimum absolute atomic E-state index is 0.426. The van der Waals surface area contributed by atoms with Gasteiger partial charge in [-0.2, -0.15) is 5.10 Å². The van der Waals surface area contributed by atoms with Crippen LogP contribution in [0.4, 0.5) is 0 Å². The smallest absolute Gasteiger partial charge is 0.0698 e. The van der Waals surface area contributed by atoms with Crippen molar-refractivity contribution in [3.63, 3.8) is 0 Å². The fourth-order valence-corrected chi connectivity index (χ4v) is 2.72. The number of aromatic nitrogens is 2. The van der Waals surface area contributed by atoms with E-state index in [0.29, 0.717) is 12.1 Å². The molecule has 1 aliphatic rings. The fourth-order valence-electron chi connectivity index (χ4n) is 2.17. The van der Waals surface area contributed by atoms with Crippen LogP contribution in [0.3, 0.4) is 0 Å². The molecule has 84 valence electrons. The first-order chi connectivity index (χ1) is 7.20. The van der Waals surface area contributed by atoms with Gasteiger partial charge in [-0.25, -0.2) is 0 Å². The van der Waals surface area contributed by atoms with Crippen LogP contribution in [0.15, 0.2) is 10.7 Å². The van der Waals surface area contributed by atoms with Crippen LogP contribution in [0.2, 0.25) is 0 Å². The molecule has 1 atom stereocenters. The lowest BCUT2D eigenvalue weighted by Gasteiger charge is -2.25. The molecule has 0 radical (unpaired) electrons. The van der Waals surface area contributed by atoms with Crippen LogP contribution in [0.5, 0.6) is 0 Å². The number of rotatable bonds is 2. The van der Waals surface area contributed by atoms with Crippen LogP contribution < -0.4 is 5.32 Å². The quantitative estimate of drug-likeness (QED) is 0.896. The molecule has 2 rings (SSSR count). The zero-order valence-electron chi connectivity index (χ0n) is 9.33. The Balaban J connectivity index is 2.28. The predicted octanol–water partition coefficient (Wildman–Crippen LogP) is 3.04. The minimum atomic E-state index is 0.426. The van der Waals surface area contributed by atoms with E-state index >= 15 is 0 Å². The number of piperidine rings is 1. The molecule has 0 aliphatic carbocycles. The molecule has 1 saturated heterocycles. The normalized spacial score (nSPS) is 22.3. The molecule has 4 heteroatoms. The molecule has 1 aromatic heterocycles. The van der Waals surface area contributed by atoms with Gasteiger partial charge in [0.15, 0.2) is 0 Å². The summed E-state index contributed by atoms with van der Waals surface area (Å²) in [5.74, 6) is 0. The monoisotopic (exact) mass is 271 g/mol. The largest absolute Gasteiger partial charge is 0.309 e. The first-order valence-corrected chi connectivity index (χ1v) is 6.45. The third-order valence-corrected chi connectivity index (χ3v) is 3.53. The summed E-state index contributed by atoms with van der Waals surface area (Å²) in [5, 5.41) is 7.99. The number of hydrogen-bond acceptors (Lipinski definition) is 2. The summed E-state index contributed by atoms with van der Waals surface area (Å²) in [6.45, 7) is 5.47. The number of halogens is 1. The van der Waals surface area contributed by atoms with Gasteiger partial charge in [0.1, 0.15) is 0 Å². The molecule has 1 N–H and O–H groups in total. The third-order valence-electron chi connectivity index (χ3n) is 2.92. The first kappa shape index (κ1) is 11.1. The van der Waals surface area contributed by atoms with Gasteiger partial charge in [0.2, 0.25) is 0 Å². The molecular weight excluding hydrogens is 254 g/mol. The van der Waals surface area contributed by atoms with Gasteiger partial charge in [-0.05, 0) is 49.2 Å². The Kier molecular flexibility index (Phi) is 3.46. The summed E-state index contributed by atoms with van der Waals surface area (Å²) in [7, 11) is 0. The summed E-state index contributed by atoms with van der Waals surface area (Å²) in [4.78, 5) is 0. The van der Waals surface area contributed by atoms with Crippen molar-refractivity contribution in [3.05, 3.63) is 16.4 Å². The van der Waals surface area contributed by atoms with Crippen LogP contribution in [0.25, 0.3) is 0 Å². The van der Waals surface area contributed by atoms with Crippen molar-refractivity contribution in [1.29, 1.82) is 0 Å². The van der Waals surface area contributed by atoms with Gasteiger partial charge in [0.05, 0.1) is 22.4 Å². The van der Waals surface area contributed by atoms with Crippen molar-refractivity contribution < 1.29 is 0 Å². The van der Waals surface area contributed by atoms with E-state index in [1.54, 1.807) is 0 Å². The highest BCUT2D eigenvalue weighted by Crippen LogP contribution is 2.30. The Hall–Kier alpha value is -0.350. The minimum Gasteiger partial charge on any atom is -0.309 e. The van der Waals surface area contributed by atoms with Gasteiger partial charge >= 0.3 is 0 Å². The second-order valence-corrected chi connectivity index (χ2v) is 5.27. The lowest BCUT2D eigenvalue weighted by atomic mass is 10.0. The summed E-state index contributed by atoms with van der Waals surface area (Å²) in [5.41, 5.74) is 1.31. The highest BCUT2D eigenvalue weighted by atomic mass is 79.9. The second-order valence-electron chi connectivity index (χ2n) is 4.42. The van der Waals surface area contributed by atoms with Crippen LogP contribution in [0, 0.1) is 0 Å². The van der Waals surface area contributed by atoms with E-state index in [1.807, 2.05) is 6.20 Å². The molecule has 2 heterocycles. The third kappa shape index (κ3) is 2.26. The highest BCUT2D eigenvalue weighted by molar-refractivity contribution is 9.10. The lowest BCUT2D eigenvalue weighted by molar-refractivity contribution is 0.374. The SMILES string of the molecule is CC(C)n1ncc(Br)c1C1CCCCN1. The summed E-state index contributed by atoms with van der Waals surface area (Å²) in [6.07, 6.45) is 5.74. The maximum atomic E-state index is 4.42. The van der Waals surface area contributed by atoms with Crippen molar-refractivity contribution in [1.82, 2.24) is 15.1 Å². The van der Waals surface area contributed by atoms with E-state index in [2.05, 4.69) is 44.9 Å². The molecule has 1 fully saturated rings. The Morgan fingerprint density at radius 2 is 2.33 bits per heavy atom. The molecule has 1 aromatic rings. The summed E-state index contributed by atoms with van der Waals surface area (Å²) in [6, 6.07) is 0.896. The maximum Gasteiger partial charge on any atom is 0.0698 e. The average molecular weight is 272 g/mol. The molecule has 0 saturated carbocycles. The average Bonchev–Trinajstić information content (AvgIpc) is 2.61. The van der Waals surface area contributed by atoms with Crippen molar-refractivity contribution >= 4 is 15.9 Å².